The fraction of sp³-hybridized carbons (Fsp3) is 0.333. The second-order valence-electron chi connectivity index (χ2n) is 6.42. The molecule has 0 aliphatic rings. The molecule has 0 spiro atoms. The van der Waals surface area contributed by atoms with Crippen molar-refractivity contribution in [3.8, 4) is 5.75 Å². The minimum Gasteiger partial charge on any atom is -0.484 e. The van der Waals surface area contributed by atoms with Gasteiger partial charge in [-0.1, -0.05) is 39.7 Å². The maximum absolute atomic E-state index is 12.9. The standard InChI is InChI=1S/C21H24BrClN2O3/c1-4-24-21(27)15(3)25(12-16-5-7-17(22)8-6-16)20(26)13-28-18-9-10-19(23)14(2)11-18/h5-11,15H,4,12-13H2,1-3H3,(H,24,27). The van der Waals surface area contributed by atoms with E-state index in [1.165, 1.54) is 4.90 Å². The highest BCUT2D eigenvalue weighted by atomic mass is 79.9. The molecule has 28 heavy (non-hydrogen) atoms. The first-order valence-corrected chi connectivity index (χ1v) is 10.2. The number of hydrogen-bond acceptors (Lipinski definition) is 3. The third-order valence-corrected chi connectivity index (χ3v) is 5.23. The largest absolute Gasteiger partial charge is 0.484 e. The van der Waals surface area contributed by atoms with Gasteiger partial charge >= 0.3 is 0 Å². The first-order valence-electron chi connectivity index (χ1n) is 9.02. The summed E-state index contributed by atoms with van der Waals surface area (Å²) in [4.78, 5) is 26.7. The van der Waals surface area contributed by atoms with Gasteiger partial charge in [0.25, 0.3) is 5.91 Å². The Balaban J connectivity index is 2.13. The van der Waals surface area contributed by atoms with Crippen molar-refractivity contribution < 1.29 is 14.3 Å². The molecule has 2 aromatic rings. The lowest BCUT2D eigenvalue weighted by atomic mass is 10.1. The smallest absolute Gasteiger partial charge is 0.261 e. The lowest BCUT2D eigenvalue weighted by molar-refractivity contribution is -0.142. The number of amides is 2. The number of benzene rings is 2. The quantitative estimate of drug-likeness (QED) is 0.628. The van der Waals surface area contributed by atoms with E-state index in [0.717, 1.165) is 15.6 Å². The Bertz CT molecular complexity index is 827. The molecule has 1 N–H and O–H groups in total. The minimum atomic E-state index is -0.619. The van der Waals surface area contributed by atoms with Gasteiger partial charge in [-0.3, -0.25) is 9.59 Å². The Morgan fingerprint density at radius 1 is 1.21 bits per heavy atom. The van der Waals surface area contributed by atoms with Crippen LogP contribution in [0.2, 0.25) is 5.02 Å². The summed E-state index contributed by atoms with van der Waals surface area (Å²) < 4.78 is 6.59. The number of nitrogens with one attached hydrogen (secondary N) is 1. The van der Waals surface area contributed by atoms with Gasteiger partial charge in [0.15, 0.2) is 6.61 Å². The van der Waals surface area contributed by atoms with Gasteiger partial charge in [0.1, 0.15) is 11.8 Å². The van der Waals surface area contributed by atoms with E-state index in [2.05, 4.69) is 21.2 Å². The van der Waals surface area contributed by atoms with E-state index in [9.17, 15) is 9.59 Å². The summed E-state index contributed by atoms with van der Waals surface area (Å²) in [7, 11) is 0. The highest BCUT2D eigenvalue weighted by Gasteiger charge is 2.26. The van der Waals surface area contributed by atoms with Crippen molar-refractivity contribution in [3.05, 3.63) is 63.1 Å². The van der Waals surface area contributed by atoms with Crippen LogP contribution >= 0.6 is 27.5 Å². The fourth-order valence-electron chi connectivity index (χ4n) is 2.63. The van der Waals surface area contributed by atoms with Gasteiger partial charge < -0.3 is 15.0 Å². The third-order valence-electron chi connectivity index (χ3n) is 4.28. The zero-order valence-corrected chi connectivity index (χ0v) is 18.5. The van der Waals surface area contributed by atoms with Crippen molar-refractivity contribution in [3.63, 3.8) is 0 Å². The highest BCUT2D eigenvalue weighted by molar-refractivity contribution is 9.10. The second kappa shape index (κ2) is 10.5. The number of halogens is 2. The predicted octanol–water partition coefficient (Wildman–Crippen LogP) is 4.34. The third kappa shape index (κ3) is 6.24. The van der Waals surface area contributed by atoms with Crippen molar-refractivity contribution >= 4 is 39.3 Å². The van der Waals surface area contributed by atoms with Crippen molar-refractivity contribution in [1.29, 1.82) is 0 Å². The number of nitrogens with zero attached hydrogens (tertiary/aromatic N) is 1. The Hall–Kier alpha value is -2.05. The molecule has 0 heterocycles. The van der Waals surface area contributed by atoms with Crippen LogP contribution in [-0.2, 0) is 16.1 Å². The average Bonchev–Trinajstić information content (AvgIpc) is 2.68. The number of ether oxygens (including phenoxy) is 1. The van der Waals surface area contributed by atoms with Crippen molar-refractivity contribution in [1.82, 2.24) is 10.2 Å². The molecule has 0 aliphatic heterocycles. The van der Waals surface area contributed by atoms with E-state index < -0.39 is 6.04 Å². The zero-order valence-electron chi connectivity index (χ0n) is 16.2. The van der Waals surface area contributed by atoms with Crippen LogP contribution in [0.5, 0.6) is 5.75 Å². The number of carbonyl (C=O) groups is 2. The first-order chi connectivity index (χ1) is 13.3. The molecule has 0 aromatic heterocycles. The Labute approximate surface area is 179 Å². The molecular weight excluding hydrogens is 444 g/mol. The molecule has 1 unspecified atom stereocenters. The molecule has 2 amide bonds. The summed E-state index contributed by atoms with van der Waals surface area (Å²) >= 11 is 9.42. The van der Waals surface area contributed by atoms with Crippen molar-refractivity contribution in [2.24, 2.45) is 0 Å². The summed E-state index contributed by atoms with van der Waals surface area (Å²) in [5, 5.41) is 3.41. The molecule has 0 aliphatic carbocycles. The Morgan fingerprint density at radius 2 is 1.89 bits per heavy atom. The Kier molecular flexibility index (Phi) is 8.33. The van der Waals surface area contributed by atoms with Crippen LogP contribution in [0.4, 0.5) is 0 Å². The van der Waals surface area contributed by atoms with Crippen LogP contribution in [0.1, 0.15) is 25.0 Å². The van der Waals surface area contributed by atoms with Gasteiger partial charge in [-0.15, -0.1) is 0 Å². The second-order valence-corrected chi connectivity index (χ2v) is 7.74. The Morgan fingerprint density at radius 3 is 2.50 bits per heavy atom. The topological polar surface area (TPSA) is 58.6 Å². The number of likely N-dealkylation sites (N-methyl/N-ethyl adjacent to an activating group) is 1. The molecule has 1 atom stereocenters. The van der Waals surface area contributed by atoms with Crippen LogP contribution in [0.3, 0.4) is 0 Å². The van der Waals surface area contributed by atoms with Crippen LogP contribution in [-0.4, -0.2) is 35.9 Å². The van der Waals surface area contributed by atoms with Crippen LogP contribution in [0.15, 0.2) is 46.9 Å². The van der Waals surface area contributed by atoms with Gasteiger partial charge in [-0.25, -0.2) is 0 Å². The molecule has 2 aromatic carbocycles. The van der Waals surface area contributed by atoms with Gasteiger partial charge in [0.05, 0.1) is 0 Å². The van der Waals surface area contributed by atoms with Crippen molar-refractivity contribution in [2.75, 3.05) is 13.2 Å². The number of carbonyl (C=O) groups excluding carboxylic acids is 2. The molecule has 7 heteroatoms. The maximum Gasteiger partial charge on any atom is 0.261 e. The molecule has 0 saturated carbocycles. The normalized spacial score (nSPS) is 11.6. The van der Waals surface area contributed by atoms with Crippen molar-refractivity contribution in [2.45, 2.75) is 33.4 Å². The molecule has 5 nitrogen and oxygen atoms in total. The van der Waals surface area contributed by atoms with Gasteiger partial charge in [-0.2, -0.15) is 0 Å². The van der Waals surface area contributed by atoms with Crippen LogP contribution in [0.25, 0.3) is 0 Å². The minimum absolute atomic E-state index is 0.165. The SMILES string of the molecule is CCNC(=O)C(C)N(Cc1ccc(Br)cc1)C(=O)COc1ccc(Cl)c(C)c1. The van der Waals surface area contributed by atoms with E-state index in [-0.39, 0.29) is 18.4 Å². The van der Waals surface area contributed by atoms with E-state index >= 15 is 0 Å². The van der Waals surface area contributed by atoms with E-state index in [4.69, 9.17) is 16.3 Å². The highest BCUT2D eigenvalue weighted by Crippen LogP contribution is 2.21. The number of aryl methyl sites for hydroxylation is 1. The summed E-state index contributed by atoms with van der Waals surface area (Å²) in [6.45, 7) is 6.08. The molecule has 0 fully saturated rings. The predicted molar refractivity (Wildman–Crippen MR) is 115 cm³/mol. The zero-order chi connectivity index (χ0) is 20.7. The summed E-state index contributed by atoms with van der Waals surface area (Å²) in [6, 6.07) is 12.2. The van der Waals surface area contributed by atoms with Crippen LogP contribution < -0.4 is 10.1 Å². The summed E-state index contributed by atoms with van der Waals surface area (Å²) in [5.74, 6) is 0.0917. The molecular formula is C21H24BrClN2O3. The number of rotatable bonds is 8. The van der Waals surface area contributed by atoms with E-state index in [0.29, 0.717) is 23.9 Å². The molecule has 0 bridgehead atoms. The average molecular weight is 468 g/mol. The maximum atomic E-state index is 12.9. The van der Waals surface area contributed by atoms with Crippen LogP contribution in [0, 0.1) is 6.92 Å². The van der Waals surface area contributed by atoms with Gasteiger partial charge in [0, 0.05) is 22.6 Å². The first kappa shape index (κ1) is 22.2. The monoisotopic (exact) mass is 466 g/mol. The lowest BCUT2D eigenvalue weighted by Crippen LogP contribution is -2.49. The van der Waals surface area contributed by atoms with Gasteiger partial charge in [-0.05, 0) is 62.2 Å². The molecule has 2 rings (SSSR count). The number of hydrogen-bond donors (Lipinski definition) is 1. The molecule has 0 saturated heterocycles. The molecule has 0 radical (unpaired) electrons. The van der Waals surface area contributed by atoms with E-state index in [1.807, 2.05) is 38.1 Å². The van der Waals surface area contributed by atoms with Gasteiger partial charge in [0.2, 0.25) is 5.91 Å². The lowest BCUT2D eigenvalue weighted by Gasteiger charge is -2.28. The molecule has 150 valence electrons. The summed E-state index contributed by atoms with van der Waals surface area (Å²) in [6.07, 6.45) is 0. The summed E-state index contributed by atoms with van der Waals surface area (Å²) in [5.41, 5.74) is 1.80. The fourth-order valence-corrected chi connectivity index (χ4v) is 3.01. The van der Waals surface area contributed by atoms with E-state index in [1.54, 1.807) is 25.1 Å².